The van der Waals surface area contributed by atoms with Gasteiger partial charge in [-0.25, -0.2) is 0 Å². The molecule has 9 nitrogen and oxygen atoms in total. The highest BCUT2D eigenvalue weighted by atomic mass is 16.5. The van der Waals surface area contributed by atoms with Crippen molar-refractivity contribution in [3.05, 3.63) is 30.3 Å². The number of carbonyl (C=O) groups is 4. The first kappa shape index (κ1) is 20.1. The van der Waals surface area contributed by atoms with Crippen molar-refractivity contribution < 1.29 is 29.0 Å². The summed E-state index contributed by atoms with van der Waals surface area (Å²) in [6, 6.07) is 5.88. The number of amides is 2. The smallest absolute Gasteiger partial charge is 0.325 e. The first-order chi connectivity index (χ1) is 11.8. The van der Waals surface area contributed by atoms with Gasteiger partial charge in [0.1, 0.15) is 12.6 Å². The maximum absolute atomic E-state index is 12.8. The maximum atomic E-state index is 12.8. The zero-order valence-corrected chi connectivity index (χ0v) is 14.0. The van der Waals surface area contributed by atoms with Gasteiger partial charge in [0.05, 0.1) is 19.6 Å². The number of methoxy groups -OCH3 is 1. The number of aliphatic carboxylic acids is 1. The summed E-state index contributed by atoms with van der Waals surface area (Å²) in [5.74, 6) is -3.40. The molecule has 2 atom stereocenters. The molecule has 0 aliphatic rings. The molecule has 9 heteroatoms. The molecule has 0 aliphatic heterocycles. The fraction of sp³-hybridized carbons (Fsp3) is 0.375. The summed E-state index contributed by atoms with van der Waals surface area (Å²) < 4.78 is 4.58. The van der Waals surface area contributed by atoms with Gasteiger partial charge in [0.25, 0.3) is 5.91 Å². The molecule has 0 aromatic heterocycles. The van der Waals surface area contributed by atoms with E-state index in [0.717, 1.165) is 4.90 Å². The molecule has 25 heavy (non-hydrogen) atoms. The van der Waals surface area contributed by atoms with E-state index in [0.29, 0.717) is 5.69 Å². The molecule has 0 unspecified atom stereocenters. The number of anilines is 1. The van der Waals surface area contributed by atoms with E-state index in [1.165, 1.54) is 14.0 Å². The number of carboxylic acid groups (broad SMARTS) is 1. The van der Waals surface area contributed by atoms with Gasteiger partial charge in [-0.1, -0.05) is 18.2 Å². The number of carboxylic acids is 1. The Balaban J connectivity index is 3.13. The van der Waals surface area contributed by atoms with Crippen LogP contribution in [0.3, 0.4) is 0 Å². The van der Waals surface area contributed by atoms with Crippen molar-refractivity contribution in [2.24, 2.45) is 5.73 Å². The number of nitrogens with zero attached hydrogens (tertiary/aromatic N) is 1. The Morgan fingerprint density at radius 3 is 2.32 bits per heavy atom. The normalized spacial score (nSPS) is 12.6. The van der Waals surface area contributed by atoms with Crippen molar-refractivity contribution in [2.75, 3.05) is 18.6 Å². The number of nitrogens with two attached hydrogens (primary N) is 1. The molecule has 0 spiro atoms. The van der Waals surface area contributed by atoms with Crippen molar-refractivity contribution in [3.63, 3.8) is 0 Å². The van der Waals surface area contributed by atoms with Gasteiger partial charge in [-0.15, -0.1) is 0 Å². The molecule has 4 N–H and O–H groups in total. The van der Waals surface area contributed by atoms with Gasteiger partial charge in [-0.3, -0.25) is 24.1 Å². The Kier molecular flexibility index (Phi) is 7.54. The van der Waals surface area contributed by atoms with Crippen LogP contribution in [-0.4, -0.2) is 54.6 Å². The van der Waals surface area contributed by atoms with Crippen molar-refractivity contribution in [2.45, 2.75) is 25.4 Å². The molecule has 1 aromatic carbocycles. The number of ether oxygens (including phenoxy) is 1. The Morgan fingerprint density at radius 2 is 1.84 bits per heavy atom. The average molecular weight is 351 g/mol. The van der Waals surface area contributed by atoms with Crippen molar-refractivity contribution in [3.8, 4) is 0 Å². The topological polar surface area (TPSA) is 139 Å². The van der Waals surface area contributed by atoms with Gasteiger partial charge < -0.3 is 20.9 Å². The van der Waals surface area contributed by atoms with Crippen LogP contribution in [-0.2, 0) is 23.9 Å². The summed E-state index contributed by atoms with van der Waals surface area (Å²) in [6.07, 6.45) is -0.651. The van der Waals surface area contributed by atoms with E-state index in [1.54, 1.807) is 30.3 Å². The fourth-order valence-electron chi connectivity index (χ4n) is 1.96. The lowest BCUT2D eigenvalue weighted by molar-refractivity contribution is -0.141. The van der Waals surface area contributed by atoms with Gasteiger partial charge in [0, 0.05) is 5.69 Å². The molecule has 0 aliphatic carbocycles. The summed E-state index contributed by atoms with van der Waals surface area (Å²) in [5.41, 5.74) is 5.81. The van der Waals surface area contributed by atoms with Crippen LogP contribution in [0.15, 0.2) is 30.3 Å². The maximum Gasteiger partial charge on any atom is 0.325 e. The highest BCUT2D eigenvalue weighted by Crippen LogP contribution is 2.15. The largest absolute Gasteiger partial charge is 0.481 e. The molecule has 0 saturated heterocycles. The van der Waals surface area contributed by atoms with Gasteiger partial charge >= 0.3 is 11.9 Å². The minimum atomic E-state index is -1.37. The molecule has 0 heterocycles. The molecule has 1 rings (SSSR count). The average Bonchev–Trinajstić information content (AvgIpc) is 2.58. The lowest BCUT2D eigenvalue weighted by Gasteiger charge is -2.27. The SMILES string of the molecule is COC(=O)CN(C(=O)[C@H](CC(=O)O)NC(=O)[C@@H](C)N)c1ccccc1. The number of para-hydroxylation sites is 1. The lowest BCUT2D eigenvalue weighted by atomic mass is 10.1. The minimum Gasteiger partial charge on any atom is -0.481 e. The number of esters is 1. The predicted molar refractivity (Wildman–Crippen MR) is 88.6 cm³/mol. The van der Waals surface area contributed by atoms with E-state index >= 15 is 0 Å². The van der Waals surface area contributed by atoms with Crippen LogP contribution in [0.2, 0.25) is 0 Å². The van der Waals surface area contributed by atoms with Gasteiger partial charge in [0.15, 0.2) is 0 Å². The zero-order chi connectivity index (χ0) is 19.0. The van der Waals surface area contributed by atoms with E-state index < -0.39 is 48.8 Å². The first-order valence-corrected chi connectivity index (χ1v) is 7.47. The molecule has 0 saturated carbocycles. The van der Waals surface area contributed by atoms with Crippen LogP contribution >= 0.6 is 0 Å². The molecule has 0 radical (unpaired) electrons. The van der Waals surface area contributed by atoms with Gasteiger partial charge in [0.2, 0.25) is 5.91 Å². The number of benzene rings is 1. The van der Waals surface area contributed by atoms with Gasteiger partial charge in [-0.05, 0) is 19.1 Å². The van der Waals surface area contributed by atoms with Crippen molar-refractivity contribution >= 4 is 29.4 Å². The second kappa shape index (κ2) is 9.38. The summed E-state index contributed by atoms with van der Waals surface area (Å²) in [6.45, 7) is 0.977. The van der Waals surface area contributed by atoms with E-state index in [1.807, 2.05) is 0 Å². The highest BCUT2D eigenvalue weighted by Gasteiger charge is 2.31. The second-order valence-electron chi connectivity index (χ2n) is 5.28. The number of hydrogen-bond donors (Lipinski definition) is 3. The summed E-state index contributed by atoms with van der Waals surface area (Å²) >= 11 is 0. The van der Waals surface area contributed by atoms with E-state index in [9.17, 15) is 19.2 Å². The van der Waals surface area contributed by atoms with Crippen LogP contribution in [0.4, 0.5) is 5.69 Å². The highest BCUT2D eigenvalue weighted by molar-refractivity contribution is 6.03. The Bertz CT molecular complexity index is 632. The van der Waals surface area contributed by atoms with Crippen LogP contribution in [0.5, 0.6) is 0 Å². The predicted octanol–water partition coefficient (Wildman–Crippen LogP) is -0.501. The third-order valence-electron chi connectivity index (χ3n) is 3.26. The summed E-state index contributed by atoms with van der Waals surface area (Å²) in [7, 11) is 1.17. The molecule has 2 amide bonds. The quantitative estimate of drug-likeness (QED) is 0.536. The monoisotopic (exact) mass is 351 g/mol. The summed E-state index contributed by atoms with van der Waals surface area (Å²) in [4.78, 5) is 48.3. The van der Waals surface area contributed by atoms with Crippen LogP contribution in [0.25, 0.3) is 0 Å². The van der Waals surface area contributed by atoms with Gasteiger partial charge in [-0.2, -0.15) is 0 Å². The van der Waals surface area contributed by atoms with Crippen molar-refractivity contribution in [1.82, 2.24) is 5.32 Å². The lowest BCUT2D eigenvalue weighted by Crippen LogP contribution is -2.53. The molecular weight excluding hydrogens is 330 g/mol. The number of carbonyl (C=O) groups excluding carboxylic acids is 3. The molecule has 0 bridgehead atoms. The molecular formula is C16H21N3O6. The Morgan fingerprint density at radius 1 is 1.24 bits per heavy atom. The molecule has 136 valence electrons. The zero-order valence-electron chi connectivity index (χ0n) is 14.0. The third kappa shape index (κ3) is 6.22. The summed E-state index contributed by atoms with van der Waals surface area (Å²) in [5, 5.41) is 11.3. The number of rotatable bonds is 8. The number of nitrogens with one attached hydrogen (secondary N) is 1. The Hall–Kier alpha value is -2.94. The van der Waals surface area contributed by atoms with Crippen LogP contribution < -0.4 is 16.0 Å². The van der Waals surface area contributed by atoms with Crippen LogP contribution in [0, 0.1) is 0 Å². The molecule has 1 aromatic rings. The van der Waals surface area contributed by atoms with E-state index in [4.69, 9.17) is 10.8 Å². The minimum absolute atomic E-state index is 0.364. The fourth-order valence-corrected chi connectivity index (χ4v) is 1.96. The molecule has 0 fully saturated rings. The first-order valence-electron chi connectivity index (χ1n) is 7.47. The van der Waals surface area contributed by atoms with Crippen molar-refractivity contribution in [1.29, 1.82) is 0 Å². The standard InChI is InChI=1S/C16H21N3O6/c1-10(17)15(23)18-12(8-13(20)21)16(24)19(9-14(22)25-2)11-6-4-3-5-7-11/h3-7,10,12H,8-9,17H2,1-2H3,(H,18,23)(H,20,21)/t10-,12+/m1/s1. The number of hydrogen-bond acceptors (Lipinski definition) is 6. The van der Waals surface area contributed by atoms with Crippen LogP contribution in [0.1, 0.15) is 13.3 Å². The Labute approximate surface area is 144 Å². The van der Waals surface area contributed by atoms with E-state index in [2.05, 4.69) is 10.1 Å². The second-order valence-corrected chi connectivity index (χ2v) is 5.28. The third-order valence-corrected chi connectivity index (χ3v) is 3.26. The van der Waals surface area contributed by atoms with E-state index in [-0.39, 0.29) is 0 Å².